The first-order valence-electron chi connectivity index (χ1n) is 6.92. The maximum Gasteiger partial charge on any atom is 0.278 e. The number of carbonyl (C=O) groups is 1. The molecule has 2 aromatic carbocycles. The molecule has 0 aliphatic heterocycles. The van der Waals surface area contributed by atoms with Crippen molar-refractivity contribution in [2.45, 2.75) is 17.3 Å². The predicted octanol–water partition coefficient (Wildman–Crippen LogP) is 4.91. The van der Waals surface area contributed by atoms with Crippen molar-refractivity contribution in [3.05, 3.63) is 59.7 Å². The maximum absolute atomic E-state index is 12.1. The number of amides is 1. The Morgan fingerprint density at radius 2 is 1.70 bits per heavy atom. The molecule has 0 aromatic heterocycles. The average molecular weight is 373 g/mol. The fraction of sp³-hybridized carbons (Fsp3) is 0.235. The molecule has 2 rings (SSSR count). The van der Waals surface area contributed by atoms with Gasteiger partial charge >= 0.3 is 0 Å². The first kappa shape index (κ1) is 17.9. The summed E-state index contributed by atoms with van der Waals surface area (Å²) in [6.07, 6.45) is 0. The van der Waals surface area contributed by atoms with Crippen LogP contribution < -0.4 is 9.64 Å². The number of alkyl halides is 3. The van der Waals surface area contributed by atoms with Crippen LogP contribution in [0.15, 0.2) is 48.5 Å². The minimum Gasteiger partial charge on any atom is -0.489 e. The van der Waals surface area contributed by atoms with Crippen LogP contribution >= 0.6 is 34.8 Å². The number of ether oxygens (including phenoxy) is 1. The van der Waals surface area contributed by atoms with E-state index in [1.807, 2.05) is 49.4 Å². The van der Waals surface area contributed by atoms with E-state index in [4.69, 9.17) is 39.5 Å². The largest absolute Gasteiger partial charge is 0.489 e. The molecule has 2 aromatic rings. The van der Waals surface area contributed by atoms with Crippen molar-refractivity contribution in [1.82, 2.24) is 0 Å². The standard InChI is InChI=1S/C17H16Cl3NO2/c1-12-7-3-6-10-15(12)23-11-13-8-4-5-9-14(13)21(2)16(22)17(18,19)20/h3-10H,11H2,1-2H3. The van der Waals surface area contributed by atoms with Gasteiger partial charge in [-0.25, -0.2) is 0 Å². The molecule has 0 heterocycles. The number of hydrogen-bond acceptors (Lipinski definition) is 2. The second kappa shape index (κ2) is 7.43. The number of para-hydroxylation sites is 2. The molecule has 0 atom stereocenters. The Labute approximate surface area is 150 Å². The first-order chi connectivity index (χ1) is 10.8. The minimum atomic E-state index is -2.00. The van der Waals surface area contributed by atoms with Crippen molar-refractivity contribution in [2.75, 3.05) is 11.9 Å². The van der Waals surface area contributed by atoms with Gasteiger partial charge in [-0.2, -0.15) is 0 Å². The summed E-state index contributed by atoms with van der Waals surface area (Å²) in [5, 5.41) is 0. The molecule has 0 unspecified atom stereocenters. The fourth-order valence-corrected chi connectivity index (χ4v) is 2.51. The molecule has 122 valence electrons. The van der Waals surface area contributed by atoms with Crippen molar-refractivity contribution >= 4 is 46.4 Å². The second-order valence-electron chi connectivity index (χ2n) is 5.04. The van der Waals surface area contributed by atoms with E-state index in [0.29, 0.717) is 12.3 Å². The minimum absolute atomic E-state index is 0.304. The number of carbonyl (C=O) groups excluding carboxylic acids is 1. The van der Waals surface area contributed by atoms with Crippen molar-refractivity contribution < 1.29 is 9.53 Å². The summed E-state index contributed by atoms with van der Waals surface area (Å²) >= 11 is 17.0. The van der Waals surface area contributed by atoms with Crippen molar-refractivity contribution in [1.29, 1.82) is 0 Å². The van der Waals surface area contributed by atoms with E-state index in [-0.39, 0.29) is 0 Å². The number of aryl methyl sites for hydroxylation is 1. The zero-order chi connectivity index (χ0) is 17.0. The summed E-state index contributed by atoms with van der Waals surface area (Å²) < 4.78 is 3.84. The van der Waals surface area contributed by atoms with Gasteiger partial charge in [0.2, 0.25) is 0 Å². The van der Waals surface area contributed by atoms with Gasteiger partial charge in [-0.05, 0) is 24.6 Å². The summed E-state index contributed by atoms with van der Waals surface area (Å²) in [6.45, 7) is 2.28. The van der Waals surface area contributed by atoms with E-state index < -0.39 is 9.70 Å². The Morgan fingerprint density at radius 1 is 1.09 bits per heavy atom. The molecule has 3 nitrogen and oxygen atoms in total. The summed E-state index contributed by atoms with van der Waals surface area (Å²) in [5.41, 5.74) is 2.49. The van der Waals surface area contributed by atoms with Gasteiger partial charge in [0.25, 0.3) is 9.70 Å². The van der Waals surface area contributed by atoms with Gasteiger partial charge in [0, 0.05) is 12.6 Å². The molecule has 0 aliphatic rings. The molecule has 0 bridgehead atoms. The first-order valence-corrected chi connectivity index (χ1v) is 8.05. The number of nitrogens with zero attached hydrogens (tertiary/aromatic N) is 1. The van der Waals surface area contributed by atoms with Gasteiger partial charge < -0.3 is 9.64 Å². The highest BCUT2D eigenvalue weighted by Crippen LogP contribution is 2.31. The van der Waals surface area contributed by atoms with Gasteiger partial charge in [0.15, 0.2) is 0 Å². The smallest absolute Gasteiger partial charge is 0.278 e. The van der Waals surface area contributed by atoms with E-state index in [1.54, 1.807) is 13.1 Å². The molecule has 0 saturated carbocycles. The van der Waals surface area contributed by atoms with E-state index in [1.165, 1.54) is 4.90 Å². The quantitative estimate of drug-likeness (QED) is 0.714. The van der Waals surface area contributed by atoms with Crippen LogP contribution in [0.2, 0.25) is 0 Å². The third-order valence-corrected chi connectivity index (χ3v) is 3.86. The SMILES string of the molecule is Cc1ccccc1OCc1ccccc1N(C)C(=O)C(Cl)(Cl)Cl. The van der Waals surface area contributed by atoms with Crippen LogP contribution in [-0.4, -0.2) is 16.7 Å². The Balaban J connectivity index is 2.21. The lowest BCUT2D eigenvalue weighted by atomic mass is 10.1. The topological polar surface area (TPSA) is 29.5 Å². The molecule has 0 aliphatic carbocycles. The van der Waals surface area contributed by atoms with Crippen LogP contribution in [0.1, 0.15) is 11.1 Å². The van der Waals surface area contributed by atoms with Crippen LogP contribution in [0.5, 0.6) is 5.75 Å². The van der Waals surface area contributed by atoms with Gasteiger partial charge in [-0.3, -0.25) is 4.79 Å². The maximum atomic E-state index is 12.1. The van der Waals surface area contributed by atoms with Crippen LogP contribution in [0, 0.1) is 6.92 Å². The predicted molar refractivity (Wildman–Crippen MR) is 95.7 cm³/mol. The zero-order valence-electron chi connectivity index (χ0n) is 12.7. The van der Waals surface area contributed by atoms with Crippen LogP contribution in [-0.2, 0) is 11.4 Å². The average Bonchev–Trinajstić information content (AvgIpc) is 2.52. The van der Waals surface area contributed by atoms with Crippen molar-refractivity contribution in [3.8, 4) is 5.75 Å². The Bertz CT molecular complexity index is 698. The summed E-state index contributed by atoms with van der Waals surface area (Å²) in [6, 6.07) is 15.1. The van der Waals surface area contributed by atoms with Gasteiger partial charge in [0.05, 0.1) is 5.69 Å². The number of halogens is 3. The Morgan fingerprint density at radius 3 is 2.35 bits per heavy atom. The van der Waals surface area contributed by atoms with Gasteiger partial charge in [-0.15, -0.1) is 0 Å². The van der Waals surface area contributed by atoms with E-state index in [9.17, 15) is 4.79 Å². The van der Waals surface area contributed by atoms with Crippen LogP contribution in [0.25, 0.3) is 0 Å². The van der Waals surface area contributed by atoms with E-state index in [0.717, 1.165) is 16.9 Å². The molecular formula is C17H16Cl3NO2. The van der Waals surface area contributed by atoms with E-state index >= 15 is 0 Å². The molecule has 1 amide bonds. The third-order valence-electron chi connectivity index (χ3n) is 3.38. The summed E-state index contributed by atoms with van der Waals surface area (Å²) in [4.78, 5) is 13.5. The van der Waals surface area contributed by atoms with Crippen molar-refractivity contribution in [2.24, 2.45) is 0 Å². The molecule has 0 spiro atoms. The summed E-state index contributed by atoms with van der Waals surface area (Å²) in [5.74, 6) is 0.170. The van der Waals surface area contributed by atoms with Crippen LogP contribution in [0.4, 0.5) is 5.69 Å². The molecule has 0 saturated heterocycles. The second-order valence-corrected chi connectivity index (χ2v) is 7.33. The molecule has 0 radical (unpaired) electrons. The normalized spacial score (nSPS) is 11.2. The number of anilines is 1. The van der Waals surface area contributed by atoms with Gasteiger partial charge in [0.1, 0.15) is 12.4 Å². The lowest BCUT2D eigenvalue weighted by Gasteiger charge is -2.24. The Kier molecular flexibility index (Phi) is 5.79. The highest BCUT2D eigenvalue weighted by atomic mass is 35.6. The lowest BCUT2D eigenvalue weighted by Crippen LogP contribution is -2.37. The van der Waals surface area contributed by atoms with Crippen molar-refractivity contribution in [3.63, 3.8) is 0 Å². The molecule has 6 heteroatoms. The third kappa shape index (κ3) is 4.54. The number of hydrogen-bond donors (Lipinski definition) is 0. The monoisotopic (exact) mass is 371 g/mol. The molecule has 0 fully saturated rings. The molecule has 0 N–H and O–H groups in total. The van der Waals surface area contributed by atoms with Crippen LogP contribution in [0.3, 0.4) is 0 Å². The Hall–Kier alpha value is -1.42. The zero-order valence-corrected chi connectivity index (χ0v) is 15.0. The van der Waals surface area contributed by atoms with E-state index in [2.05, 4.69) is 0 Å². The van der Waals surface area contributed by atoms with Gasteiger partial charge in [-0.1, -0.05) is 71.2 Å². The molecule has 23 heavy (non-hydrogen) atoms. The highest BCUT2D eigenvalue weighted by molar-refractivity contribution is 6.76. The number of benzene rings is 2. The molecular weight excluding hydrogens is 357 g/mol. The summed E-state index contributed by atoms with van der Waals surface area (Å²) in [7, 11) is 1.57. The number of rotatable bonds is 4. The lowest BCUT2D eigenvalue weighted by molar-refractivity contribution is -0.117. The fourth-order valence-electron chi connectivity index (χ4n) is 2.13. The highest BCUT2D eigenvalue weighted by Gasteiger charge is 2.34.